The van der Waals surface area contributed by atoms with Crippen molar-refractivity contribution < 1.29 is 23.0 Å². The van der Waals surface area contributed by atoms with E-state index in [1.807, 2.05) is 12.3 Å². The Balaban J connectivity index is 1.98. The molecule has 0 unspecified atom stereocenters. The van der Waals surface area contributed by atoms with Gasteiger partial charge in [-0.25, -0.2) is 4.98 Å². The number of amides is 1. The van der Waals surface area contributed by atoms with Crippen molar-refractivity contribution in [1.29, 1.82) is 0 Å². The van der Waals surface area contributed by atoms with Crippen molar-refractivity contribution in [3.05, 3.63) is 45.9 Å². The predicted molar refractivity (Wildman–Crippen MR) is 92.0 cm³/mol. The van der Waals surface area contributed by atoms with E-state index in [9.17, 15) is 13.6 Å². The first-order valence-electron chi connectivity index (χ1n) is 7.56. The molecule has 0 saturated carbocycles. The fourth-order valence-electron chi connectivity index (χ4n) is 1.97. The third-order valence-corrected chi connectivity index (χ3v) is 3.96. The van der Waals surface area contributed by atoms with Crippen molar-refractivity contribution in [3.63, 3.8) is 0 Å². The van der Waals surface area contributed by atoms with E-state index in [1.54, 1.807) is 19.1 Å². The van der Waals surface area contributed by atoms with Crippen LogP contribution in [0.5, 0.6) is 11.5 Å². The summed E-state index contributed by atoms with van der Waals surface area (Å²) in [4.78, 5) is 16.1. The molecule has 0 saturated heterocycles. The number of nitrogens with zero attached hydrogens (tertiary/aromatic N) is 1. The predicted octanol–water partition coefficient (Wildman–Crippen LogP) is 3.78. The molecule has 0 radical (unpaired) electrons. The Morgan fingerprint density at radius 3 is 2.84 bits per heavy atom. The Labute approximate surface area is 148 Å². The van der Waals surface area contributed by atoms with Crippen LogP contribution in [0, 0.1) is 6.92 Å². The molecule has 0 spiro atoms. The smallest absolute Gasteiger partial charge is 0.387 e. The number of aryl methyl sites for hydroxylation is 1. The highest BCUT2D eigenvalue weighted by Crippen LogP contribution is 2.30. The number of alkyl halides is 2. The van der Waals surface area contributed by atoms with E-state index in [0.29, 0.717) is 18.7 Å². The SMILES string of the molecule is CCOc1cc(/C=C/C(=O)NCc2nc(C)cs2)ccc1OC(F)F. The number of carbonyl (C=O) groups is 1. The fraction of sp³-hybridized carbons (Fsp3) is 0.294. The zero-order valence-electron chi connectivity index (χ0n) is 13.8. The topological polar surface area (TPSA) is 60.5 Å². The summed E-state index contributed by atoms with van der Waals surface area (Å²) in [6.07, 6.45) is 2.93. The van der Waals surface area contributed by atoms with Crippen LogP contribution in [0.15, 0.2) is 29.7 Å². The van der Waals surface area contributed by atoms with E-state index in [2.05, 4.69) is 15.0 Å². The van der Waals surface area contributed by atoms with Crippen LogP contribution in [0.3, 0.4) is 0 Å². The fourth-order valence-corrected chi connectivity index (χ4v) is 2.68. The molecule has 1 heterocycles. The van der Waals surface area contributed by atoms with E-state index < -0.39 is 6.61 Å². The molecule has 0 bridgehead atoms. The number of nitrogens with one attached hydrogen (secondary N) is 1. The molecule has 1 amide bonds. The molecule has 1 aromatic heterocycles. The third-order valence-electron chi connectivity index (χ3n) is 2.99. The summed E-state index contributed by atoms with van der Waals surface area (Å²) in [5, 5.41) is 5.46. The number of benzene rings is 1. The largest absolute Gasteiger partial charge is 0.490 e. The summed E-state index contributed by atoms with van der Waals surface area (Å²) >= 11 is 1.48. The number of hydrogen-bond acceptors (Lipinski definition) is 5. The third kappa shape index (κ3) is 6.15. The van der Waals surface area contributed by atoms with Gasteiger partial charge in [-0.3, -0.25) is 4.79 Å². The molecule has 2 rings (SSSR count). The van der Waals surface area contributed by atoms with Gasteiger partial charge in [0.1, 0.15) is 5.01 Å². The van der Waals surface area contributed by atoms with Crippen LogP contribution < -0.4 is 14.8 Å². The van der Waals surface area contributed by atoms with E-state index in [4.69, 9.17) is 4.74 Å². The first-order valence-corrected chi connectivity index (χ1v) is 8.44. The molecule has 0 aliphatic rings. The number of hydrogen-bond donors (Lipinski definition) is 1. The Bertz CT molecular complexity index is 747. The van der Waals surface area contributed by atoms with Crippen LogP contribution in [-0.4, -0.2) is 24.1 Å². The second kappa shape index (κ2) is 9.12. The van der Waals surface area contributed by atoms with Crippen LogP contribution in [0.4, 0.5) is 8.78 Å². The lowest BCUT2D eigenvalue weighted by molar-refractivity contribution is -0.116. The van der Waals surface area contributed by atoms with E-state index in [-0.39, 0.29) is 17.4 Å². The summed E-state index contributed by atoms with van der Waals surface area (Å²) in [6.45, 7) is 1.36. The number of ether oxygens (including phenoxy) is 2. The Hall–Kier alpha value is -2.48. The van der Waals surface area contributed by atoms with Gasteiger partial charge in [0.15, 0.2) is 11.5 Å². The minimum absolute atomic E-state index is 0.0439. The average molecular weight is 368 g/mol. The highest BCUT2D eigenvalue weighted by Gasteiger charge is 2.11. The molecule has 5 nitrogen and oxygen atoms in total. The van der Waals surface area contributed by atoms with Crippen LogP contribution in [0.1, 0.15) is 23.2 Å². The molecule has 2 aromatic rings. The van der Waals surface area contributed by atoms with Gasteiger partial charge in [-0.1, -0.05) is 6.07 Å². The number of carbonyl (C=O) groups excluding carboxylic acids is 1. The molecular formula is C17H18F2N2O3S. The minimum Gasteiger partial charge on any atom is -0.490 e. The highest BCUT2D eigenvalue weighted by atomic mass is 32.1. The normalized spacial score (nSPS) is 11.1. The number of halogens is 2. The molecule has 0 aliphatic carbocycles. The maximum atomic E-state index is 12.4. The molecule has 0 atom stereocenters. The van der Waals surface area contributed by atoms with Gasteiger partial charge in [0.25, 0.3) is 0 Å². The molecular weight excluding hydrogens is 350 g/mol. The van der Waals surface area contributed by atoms with Crippen molar-refractivity contribution in [1.82, 2.24) is 10.3 Å². The zero-order chi connectivity index (χ0) is 18.2. The first-order chi connectivity index (χ1) is 12.0. The van der Waals surface area contributed by atoms with Crippen LogP contribution in [0.25, 0.3) is 6.08 Å². The van der Waals surface area contributed by atoms with E-state index in [1.165, 1.54) is 29.5 Å². The molecule has 1 aromatic carbocycles. The van der Waals surface area contributed by atoms with Crippen molar-refractivity contribution in [2.24, 2.45) is 0 Å². The maximum absolute atomic E-state index is 12.4. The lowest BCUT2D eigenvalue weighted by Crippen LogP contribution is -2.20. The van der Waals surface area contributed by atoms with Crippen LogP contribution >= 0.6 is 11.3 Å². The summed E-state index contributed by atoms with van der Waals surface area (Å²) in [5.41, 5.74) is 1.55. The van der Waals surface area contributed by atoms with E-state index >= 15 is 0 Å². The van der Waals surface area contributed by atoms with Crippen molar-refractivity contribution in [2.75, 3.05) is 6.61 Å². The van der Waals surface area contributed by atoms with Gasteiger partial charge in [-0.05, 0) is 37.6 Å². The molecule has 134 valence electrons. The van der Waals surface area contributed by atoms with Gasteiger partial charge >= 0.3 is 6.61 Å². The Morgan fingerprint density at radius 2 is 2.20 bits per heavy atom. The quantitative estimate of drug-likeness (QED) is 0.721. The van der Waals surface area contributed by atoms with Gasteiger partial charge in [0.05, 0.1) is 13.2 Å². The Morgan fingerprint density at radius 1 is 1.40 bits per heavy atom. The maximum Gasteiger partial charge on any atom is 0.387 e. The molecule has 25 heavy (non-hydrogen) atoms. The number of thiazole rings is 1. The van der Waals surface area contributed by atoms with Crippen LogP contribution in [0.2, 0.25) is 0 Å². The number of rotatable bonds is 8. The zero-order valence-corrected chi connectivity index (χ0v) is 14.6. The lowest BCUT2D eigenvalue weighted by atomic mass is 10.2. The second-order valence-corrected chi connectivity index (χ2v) is 5.89. The Kier molecular flexibility index (Phi) is 6.88. The summed E-state index contributed by atoms with van der Waals surface area (Å²) < 4.78 is 34.4. The molecule has 0 fully saturated rings. The molecule has 0 aliphatic heterocycles. The highest BCUT2D eigenvalue weighted by molar-refractivity contribution is 7.09. The summed E-state index contributed by atoms with van der Waals surface area (Å²) in [5.74, 6) is -0.125. The molecule has 1 N–H and O–H groups in total. The van der Waals surface area contributed by atoms with Gasteiger partial charge < -0.3 is 14.8 Å². The van der Waals surface area contributed by atoms with Gasteiger partial charge in [0, 0.05) is 17.2 Å². The van der Waals surface area contributed by atoms with Gasteiger partial charge in [-0.2, -0.15) is 8.78 Å². The standard InChI is InChI=1S/C17H18F2N2O3S/c1-3-23-14-8-12(4-6-13(14)24-17(18)19)5-7-15(22)20-9-16-21-11(2)10-25-16/h4-8,10,17H,3,9H2,1-2H3,(H,20,22)/b7-5+. The number of aromatic nitrogens is 1. The van der Waals surface area contributed by atoms with Gasteiger partial charge in [-0.15, -0.1) is 11.3 Å². The lowest BCUT2D eigenvalue weighted by Gasteiger charge is -2.11. The minimum atomic E-state index is -2.93. The van der Waals surface area contributed by atoms with Crippen molar-refractivity contribution in [3.8, 4) is 11.5 Å². The van der Waals surface area contributed by atoms with Crippen molar-refractivity contribution in [2.45, 2.75) is 27.0 Å². The molecule has 8 heteroatoms. The monoisotopic (exact) mass is 368 g/mol. The average Bonchev–Trinajstić information content (AvgIpc) is 2.98. The second-order valence-electron chi connectivity index (χ2n) is 4.95. The summed E-state index contributed by atoms with van der Waals surface area (Å²) in [7, 11) is 0. The van der Waals surface area contributed by atoms with Gasteiger partial charge in [0.2, 0.25) is 5.91 Å². The van der Waals surface area contributed by atoms with Crippen LogP contribution in [-0.2, 0) is 11.3 Å². The van der Waals surface area contributed by atoms with E-state index in [0.717, 1.165) is 10.7 Å². The first kappa shape index (κ1) is 18.9. The van der Waals surface area contributed by atoms with Crippen molar-refractivity contribution >= 4 is 23.3 Å². The summed E-state index contributed by atoms with van der Waals surface area (Å²) in [6, 6.07) is 4.48.